The maximum atomic E-state index is 11.7. The minimum absolute atomic E-state index is 0.0151. The summed E-state index contributed by atoms with van der Waals surface area (Å²) in [5, 5.41) is 46.3. The molecule has 0 aromatic heterocycles. The van der Waals surface area contributed by atoms with Gasteiger partial charge in [-0.15, -0.1) is 5.06 Å². The van der Waals surface area contributed by atoms with Crippen molar-refractivity contribution in [3.63, 3.8) is 0 Å². The number of hydrogen-bond donors (Lipinski definition) is 9. The zero-order valence-electron chi connectivity index (χ0n) is 42.4. The molecule has 0 radical (unpaired) electrons. The van der Waals surface area contributed by atoms with E-state index in [4.69, 9.17) is 15.3 Å². The minimum atomic E-state index is -1.32. The van der Waals surface area contributed by atoms with Gasteiger partial charge in [-0.05, 0) is 44.9 Å². The van der Waals surface area contributed by atoms with Crippen LogP contribution in [0.3, 0.4) is 0 Å². The number of nitrogens with one attached hydrogen (secondary N) is 4. The number of hydroxylamine groups is 2. The lowest BCUT2D eigenvalue weighted by atomic mass is 10.1. The molecule has 2 saturated heterocycles. The van der Waals surface area contributed by atoms with Gasteiger partial charge in [0.25, 0.3) is 11.8 Å². The zero-order valence-corrected chi connectivity index (χ0v) is 42.4. The van der Waals surface area contributed by atoms with Crippen molar-refractivity contribution in [2.75, 3.05) is 45.8 Å². The molecular weight excluding hydrogens is 955 g/mol. The summed E-state index contributed by atoms with van der Waals surface area (Å²) >= 11 is 0. The number of carboxylic acids is 4. The third kappa shape index (κ3) is 43.5. The molecule has 0 spiro atoms. The normalized spacial score (nSPS) is 12.7. The predicted molar refractivity (Wildman–Crippen MR) is 254 cm³/mol. The van der Waals surface area contributed by atoms with Crippen LogP contribution in [-0.4, -0.2) is 159 Å². The topological polar surface area (TPSA) is 404 Å². The van der Waals surface area contributed by atoms with Crippen molar-refractivity contribution < 1.29 is 98.1 Å². The number of carboxylic acid groups (broad SMARTS) is 4. The molecule has 412 valence electrons. The van der Waals surface area contributed by atoms with Crippen LogP contribution in [0.15, 0.2) is 0 Å². The number of quaternary nitrogens is 1. The number of carbonyl (C=O) groups is 13. The number of imide groups is 1. The van der Waals surface area contributed by atoms with E-state index in [1.165, 1.54) is 12.8 Å². The largest absolute Gasteiger partial charge is 0.481 e. The average molecular weight is 1040 g/mol. The number of nitrogens with zero attached hydrogens (tertiary/aromatic N) is 2. The summed E-state index contributed by atoms with van der Waals surface area (Å²) in [5.74, 6) is -8.35. The number of ether oxygens (including phenoxy) is 1. The Morgan fingerprint density at radius 1 is 0.542 bits per heavy atom. The van der Waals surface area contributed by atoms with Gasteiger partial charge in [-0.1, -0.05) is 53.4 Å². The molecule has 2 rings (SSSR count). The van der Waals surface area contributed by atoms with E-state index >= 15 is 0 Å². The maximum absolute atomic E-state index is 11.7. The first-order valence-electron chi connectivity index (χ1n) is 24.4. The van der Waals surface area contributed by atoms with Crippen LogP contribution in [0, 0.1) is 0 Å². The van der Waals surface area contributed by atoms with Gasteiger partial charge < -0.3 is 57.0 Å². The van der Waals surface area contributed by atoms with Crippen LogP contribution in [0.5, 0.6) is 0 Å². The van der Waals surface area contributed by atoms with Gasteiger partial charge in [-0.2, -0.15) is 0 Å². The average Bonchev–Trinajstić information content (AvgIpc) is 3.85. The summed E-state index contributed by atoms with van der Waals surface area (Å²) in [4.78, 5) is 148. The fourth-order valence-corrected chi connectivity index (χ4v) is 5.50. The lowest BCUT2D eigenvalue weighted by molar-refractivity contribution is -0.368. The highest BCUT2D eigenvalue weighted by Crippen LogP contribution is 2.13. The molecule has 2 aliphatic rings. The summed E-state index contributed by atoms with van der Waals surface area (Å²) in [6.07, 6.45) is 9.68. The third-order valence-corrected chi connectivity index (χ3v) is 9.45. The van der Waals surface area contributed by atoms with Gasteiger partial charge in [0.05, 0.1) is 45.3 Å². The molecule has 26 nitrogen and oxygen atoms in total. The Bertz CT molecular complexity index is 1660. The molecule has 0 saturated carbocycles. The van der Waals surface area contributed by atoms with Gasteiger partial charge in [0.15, 0.2) is 0 Å². The molecule has 6 amide bonds. The minimum Gasteiger partial charge on any atom is -0.481 e. The van der Waals surface area contributed by atoms with Crippen molar-refractivity contribution in [3.05, 3.63) is 0 Å². The number of carbonyl (C=O) groups excluding carboxylic acids is 9. The first-order chi connectivity index (χ1) is 34.1. The second-order valence-corrected chi connectivity index (χ2v) is 16.0. The van der Waals surface area contributed by atoms with Gasteiger partial charge in [0.2, 0.25) is 23.6 Å². The highest BCUT2D eigenvalue weighted by Gasteiger charge is 2.33. The Hall–Kier alpha value is -6.57. The molecule has 1 unspecified atom stereocenters. The zero-order chi connectivity index (χ0) is 55.3. The molecule has 0 bridgehead atoms. The second-order valence-electron chi connectivity index (χ2n) is 16.0. The number of cyclic esters (lactones) is 2. The van der Waals surface area contributed by atoms with E-state index in [0.29, 0.717) is 37.5 Å². The first-order valence-corrected chi connectivity index (χ1v) is 24.4. The van der Waals surface area contributed by atoms with Crippen molar-refractivity contribution in [3.8, 4) is 0 Å². The van der Waals surface area contributed by atoms with Crippen LogP contribution in [0.4, 0.5) is 0 Å². The Kier molecular flexibility index (Phi) is 44.1. The Labute approximate surface area is 420 Å². The number of rotatable bonds is 32. The lowest BCUT2D eigenvalue weighted by Crippen LogP contribution is -2.49. The number of hydrogen-bond acceptors (Lipinski definition) is 16. The molecule has 1 atom stereocenters. The van der Waals surface area contributed by atoms with E-state index in [1.807, 2.05) is 20.8 Å². The molecule has 0 aromatic carbocycles. The summed E-state index contributed by atoms with van der Waals surface area (Å²) in [5.41, 5.74) is 3.68. The van der Waals surface area contributed by atoms with Gasteiger partial charge >= 0.3 is 41.8 Å². The van der Waals surface area contributed by atoms with Gasteiger partial charge in [-0.25, -0.2) is 4.79 Å². The van der Waals surface area contributed by atoms with Crippen molar-refractivity contribution in [2.45, 2.75) is 169 Å². The number of unbranched alkanes of at least 4 members (excludes halogenated alkanes) is 5. The number of esters is 2. The monoisotopic (exact) mass is 1030 g/mol. The standard InChI is InChI=1S/C18H31N3O8.C12H18N2O5.C8H15NO3.C4H11N.C4H4O3/c1-2-3-9-19-14(22)7-8-15(23)20-10-5-4-6-13(18(28)29)21(11-16(24)25)12-17(26)27;1-2-3-8-13-9(15)4-7-12(18)19-14-10(16)5-6-11(14)17;1-2-3-6-9-7(10)4-5-8(11)12;1-2-3-4-5;5-3-1-2-4(6)7-3/h13H,2-12H2,1H3,(H,19,22)(H,20,23)(H,24,25)(H,26,27)(H,28,29);2-8H2,1H3,(H,13,15);2-6H2,1H3,(H,9,10)(H,11,12);2-5H2,1H3;1-2H2/p+1. The van der Waals surface area contributed by atoms with Crippen LogP contribution < -0.4 is 27.0 Å². The van der Waals surface area contributed by atoms with E-state index in [2.05, 4.69) is 43.5 Å². The molecule has 26 heteroatoms. The predicted octanol–water partition coefficient (Wildman–Crippen LogP) is 0.830. The van der Waals surface area contributed by atoms with Crippen molar-refractivity contribution in [1.29, 1.82) is 0 Å². The van der Waals surface area contributed by atoms with E-state index in [9.17, 15) is 67.4 Å². The number of aliphatic carboxylic acids is 4. The molecular formula is C46H80N7O19+. The molecule has 2 aliphatic heterocycles. The lowest BCUT2D eigenvalue weighted by Gasteiger charge is -2.25. The van der Waals surface area contributed by atoms with Crippen LogP contribution in [0.2, 0.25) is 0 Å². The Morgan fingerprint density at radius 2 is 0.917 bits per heavy atom. The molecule has 2 fully saturated rings. The molecule has 11 N–H and O–H groups in total. The van der Waals surface area contributed by atoms with Gasteiger partial charge in [-0.3, -0.25) is 62.4 Å². The molecule has 72 heavy (non-hydrogen) atoms. The fraction of sp³-hybridized carbons (Fsp3) is 0.717. The van der Waals surface area contributed by atoms with E-state index in [1.54, 1.807) is 0 Å². The van der Waals surface area contributed by atoms with Gasteiger partial charge in [0, 0.05) is 64.7 Å². The highest BCUT2D eigenvalue weighted by atomic mass is 16.7. The highest BCUT2D eigenvalue weighted by molar-refractivity contribution is 6.01. The molecule has 0 aromatic rings. The molecule has 0 aliphatic carbocycles. The van der Waals surface area contributed by atoms with Crippen LogP contribution in [0.1, 0.15) is 163 Å². The fourth-order valence-electron chi connectivity index (χ4n) is 5.50. The van der Waals surface area contributed by atoms with Crippen LogP contribution in [0.25, 0.3) is 0 Å². The summed E-state index contributed by atoms with van der Waals surface area (Å²) < 4.78 is 4.08. The van der Waals surface area contributed by atoms with E-state index in [-0.39, 0.29) is 101 Å². The van der Waals surface area contributed by atoms with Crippen molar-refractivity contribution in [2.24, 2.45) is 0 Å². The number of amides is 6. The SMILES string of the molecule is CCCCNC(=O)CCC(=O)NCCCCC(C(=O)O)N(CC(=O)O)CC(=O)O.CCCCNC(=O)CCC(=O)O.CCCCNC(=O)CCC(=O)ON1C(=O)CCC1=O.CCCC[NH3+].O=C1CCC(=O)O1. The van der Waals surface area contributed by atoms with Crippen LogP contribution >= 0.6 is 0 Å². The summed E-state index contributed by atoms with van der Waals surface area (Å²) in [7, 11) is 0. The second kappa shape index (κ2) is 45.6. The van der Waals surface area contributed by atoms with E-state index in [0.717, 1.165) is 50.0 Å². The quantitative estimate of drug-likeness (QED) is 0.0195. The van der Waals surface area contributed by atoms with Crippen molar-refractivity contribution in [1.82, 2.24) is 31.2 Å². The molecule has 2 heterocycles. The maximum Gasteiger partial charge on any atom is 0.333 e. The Balaban J connectivity index is -0.000000939. The van der Waals surface area contributed by atoms with Gasteiger partial charge in [0.1, 0.15) is 6.04 Å². The Morgan fingerprint density at radius 3 is 1.22 bits per heavy atom. The summed E-state index contributed by atoms with van der Waals surface area (Å²) in [6, 6.07) is -1.25. The third-order valence-electron chi connectivity index (χ3n) is 9.45. The van der Waals surface area contributed by atoms with Crippen LogP contribution in [-0.2, 0) is 71.9 Å². The summed E-state index contributed by atoms with van der Waals surface area (Å²) in [6.45, 7) is 10.0. The first kappa shape index (κ1) is 69.7. The van der Waals surface area contributed by atoms with E-state index < -0.39 is 72.7 Å². The smallest absolute Gasteiger partial charge is 0.333 e. The van der Waals surface area contributed by atoms with Crippen molar-refractivity contribution >= 4 is 77.2 Å².